The predicted octanol–water partition coefficient (Wildman–Crippen LogP) is 7.02. The third-order valence-electron chi connectivity index (χ3n) is 6.70. The van der Waals surface area contributed by atoms with Gasteiger partial charge in [0.15, 0.2) is 5.84 Å². The highest BCUT2D eigenvalue weighted by Crippen LogP contribution is 2.34. The van der Waals surface area contributed by atoms with Crippen molar-refractivity contribution in [2.45, 2.75) is 34.1 Å². The summed E-state index contributed by atoms with van der Waals surface area (Å²) in [5.41, 5.74) is 11.3. The smallest absolute Gasteiger partial charge is 0.228 e. The van der Waals surface area contributed by atoms with Crippen molar-refractivity contribution in [3.8, 4) is 22.6 Å². The Morgan fingerprint density at radius 3 is 2.10 bits per heavy atom. The SMILES string of the molecule is CC(C)CN(CC(C)C)c1ccc(-c2ccccc2/C(N)=N/N)cc1NC(=O)Cc1ccc(Oc2ccccc2)cc1. The van der Waals surface area contributed by atoms with Gasteiger partial charge in [-0.05, 0) is 64.9 Å². The molecule has 4 aromatic carbocycles. The maximum atomic E-state index is 13.4. The van der Waals surface area contributed by atoms with Gasteiger partial charge >= 0.3 is 0 Å². The summed E-state index contributed by atoms with van der Waals surface area (Å²) in [6, 6.07) is 31.1. The van der Waals surface area contributed by atoms with Gasteiger partial charge in [0, 0.05) is 18.7 Å². The Hall–Kier alpha value is -4.78. The molecule has 0 spiro atoms. The number of carbonyl (C=O) groups is 1. The molecule has 0 heterocycles. The molecule has 5 N–H and O–H groups in total. The van der Waals surface area contributed by atoms with Gasteiger partial charge in [-0.3, -0.25) is 4.79 Å². The maximum Gasteiger partial charge on any atom is 0.228 e. The number of anilines is 2. The van der Waals surface area contributed by atoms with E-state index in [9.17, 15) is 4.79 Å². The van der Waals surface area contributed by atoms with Gasteiger partial charge in [0.1, 0.15) is 11.5 Å². The monoisotopic (exact) mass is 563 g/mol. The summed E-state index contributed by atoms with van der Waals surface area (Å²) in [6.07, 6.45) is 0.229. The molecule has 0 fully saturated rings. The molecular formula is C35H41N5O2. The van der Waals surface area contributed by atoms with Gasteiger partial charge in [0.25, 0.3) is 0 Å². The van der Waals surface area contributed by atoms with E-state index < -0.39 is 0 Å². The van der Waals surface area contributed by atoms with Crippen LogP contribution in [0.1, 0.15) is 38.8 Å². The van der Waals surface area contributed by atoms with Crippen LogP contribution in [0.3, 0.4) is 0 Å². The highest BCUT2D eigenvalue weighted by molar-refractivity contribution is 6.04. The normalized spacial score (nSPS) is 11.5. The highest BCUT2D eigenvalue weighted by atomic mass is 16.5. The number of nitrogens with zero attached hydrogens (tertiary/aromatic N) is 2. The molecule has 4 aromatic rings. The molecule has 0 radical (unpaired) electrons. The lowest BCUT2D eigenvalue weighted by Gasteiger charge is -2.31. The summed E-state index contributed by atoms with van der Waals surface area (Å²) < 4.78 is 5.90. The number of hydrazone groups is 1. The van der Waals surface area contributed by atoms with Crippen LogP contribution in [-0.2, 0) is 11.2 Å². The number of rotatable bonds is 12. The number of hydrogen-bond donors (Lipinski definition) is 3. The van der Waals surface area contributed by atoms with E-state index >= 15 is 0 Å². The number of amidine groups is 1. The molecule has 0 bridgehead atoms. The van der Waals surface area contributed by atoms with E-state index in [1.165, 1.54) is 0 Å². The van der Waals surface area contributed by atoms with Gasteiger partial charge in [-0.15, -0.1) is 0 Å². The fraction of sp³-hybridized carbons (Fsp3) is 0.257. The number of nitrogens with one attached hydrogen (secondary N) is 1. The topological polar surface area (TPSA) is 106 Å². The molecule has 0 aliphatic carbocycles. The van der Waals surface area contributed by atoms with Crippen molar-refractivity contribution in [1.29, 1.82) is 0 Å². The molecule has 0 aliphatic rings. The molecule has 1 amide bonds. The standard InChI is InChI=1S/C35H41N5O2/c1-24(2)22-40(23-25(3)4)33-19-16-27(30-12-8-9-13-31(30)35(36)39-37)21-32(33)38-34(41)20-26-14-17-29(18-15-26)42-28-10-6-5-7-11-28/h5-19,21,24-25H,20,22-23,37H2,1-4H3,(H2,36,39)(H,38,41). The number of ether oxygens (including phenoxy) is 1. The molecule has 0 aromatic heterocycles. The van der Waals surface area contributed by atoms with Crippen molar-refractivity contribution >= 4 is 23.1 Å². The lowest BCUT2D eigenvalue weighted by Crippen LogP contribution is -2.32. The summed E-state index contributed by atoms with van der Waals surface area (Å²) >= 11 is 0. The first kappa shape index (κ1) is 30.2. The van der Waals surface area contributed by atoms with E-state index in [0.717, 1.165) is 58.2 Å². The van der Waals surface area contributed by atoms with Gasteiger partial charge in [0.05, 0.1) is 17.8 Å². The van der Waals surface area contributed by atoms with Crippen LogP contribution in [0.2, 0.25) is 0 Å². The van der Waals surface area contributed by atoms with Crippen LogP contribution in [0.5, 0.6) is 11.5 Å². The minimum absolute atomic E-state index is 0.101. The minimum atomic E-state index is -0.101. The Bertz CT molecular complexity index is 1490. The van der Waals surface area contributed by atoms with Crippen molar-refractivity contribution in [3.05, 3.63) is 108 Å². The largest absolute Gasteiger partial charge is 0.457 e. The summed E-state index contributed by atoms with van der Waals surface area (Å²) in [5.74, 6) is 8.05. The fourth-order valence-corrected chi connectivity index (χ4v) is 4.94. The zero-order chi connectivity index (χ0) is 30.1. The van der Waals surface area contributed by atoms with Gasteiger partial charge < -0.3 is 26.5 Å². The molecular weight excluding hydrogens is 522 g/mol. The molecule has 4 rings (SSSR count). The number of para-hydroxylation sites is 1. The molecule has 0 saturated carbocycles. The van der Waals surface area contributed by atoms with E-state index in [1.807, 2.05) is 84.9 Å². The molecule has 0 saturated heterocycles. The zero-order valence-electron chi connectivity index (χ0n) is 24.9. The van der Waals surface area contributed by atoms with Crippen molar-refractivity contribution in [1.82, 2.24) is 0 Å². The predicted molar refractivity (Wildman–Crippen MR) is 174 cm³/mol. The number of carbonyl (C=O) groups excluding carboxylic acids is 1. The molecule has 0 unspecified atom stereocenters. The van der Waals surface area contributed by atoms with E-state index in [2.05, 4.69) is 55.1 Å². The van der Waals surface area contributed by atoms with Crippen molar-refractivity contribution < 1.29 is 9.53 Å². The van der Waals surface area contributed by atoms with Crippen molar-refractivity contribution in [2.24, 2.45) is 28.5 Å². The molecule has 0 aliphatic heterocycles. The third kappa shape index (κ3) is 8.13. The molecule has 42 heavy (non-hydrogen) atoms. The summed E-state index contributed by atoms with van der Waals surface area (Å²) in [4.78, 5) is 15.8. The first-order chi connectivity index (χ1) is 20.2. The summed E-state index contributed by atoms with van der Waals surface area (Å²) in [5, 5.41) is 6.93. The van der Waals surface area contributed by atoms with Gasteiger partial charge in [-0.2, -0.15) is 5.10 Å². The average molecular weight is 564 g/mol. The number of hydrogen-bond acceptors (Lipinski definition) is 5. The number of benzene rings is 4. The Balaban J connectivity index is 1.63. The molecule has 218 valence electrons. The molecule has 7 heteroatoms. The van der Waals surface area contributed by atoms with Crippen LogP contribution in [0.25, 0.3) is 11.1 Å². The Morgan fingerprint density at radius 2 is 1.45 bits per heavy atom. The van der Waals surface area contributed by atoms with E-state index in [0.29, 0.717) is 11.8 Å². The zero-order valence-corrected chi connectivity index (χ0v) is 24.9. The maximum absolute atomic E-state index is 13.4. The van der Waals surface area contributed by atoms with Gasteiger partial charge in [0.2, 0.25) is 5.91 Å². The van der Waals surface area contributed by atoms with Crippen LogP contribution in [0.15, 0.2) is 102 Å². The first-order valence-electron chi connectivity index (χ1n) is 14.4. The summed E-state index contributed by atoms with van der Waals surface area (Å²) in [7, 11) is 0. The fourth-order valence-electron chi connectivity index (χ4n) is 4.94. The second kappa shape index (κ2) is 14.2. The Kier molecular flexibility index (Phi) is 10.2. The van der Waals surface area contributed by atoms with Gasteiger partial charge in [-0.1, -0.05) is 88.4 Å². The van der Waals surface area contributed by atoms with Crippen LogP contribution in [-0.4, -0.2) is 24.8 Å². The number of amides is 1. The summed E-state index contributed by atoms with van der Waals surface area (Å²) in [6.45, 7) is 10.6. The quantitative estimate of drug-likeness (QED) is 0.0743. The van der Waals surface area contributed by atoms with E-state index in [4.69, 9.17) is 16.3 Å². The van der Waals surface area contributed by atoms with E-state index in [-0.39, 0.29) is 18.2 Å². The van der Waals surface area contributed by atoms with Crippen LogP contribution < -0.4 is 26.5 Å². The lowest BCUT2D eigenvalue weighted by atomic mass is 9.97. The molecule has 7 nitrogen and oxygen atoms in total. The average Bonchev–Trinajstić information content (AvgIpc) is 2.97. The minimum Gasteiger partial charge on any atom is -0.457 e. The van der Waals surface area contributed by atoms with Crippen molar-refractivity contribution in [3.63, 3.8) is 0 Å². The Morgan fingerprint density at radius 1 is 0.833 bits per heavy atom. The highest BCUT2D eigenvalue weighted by Gasteiger charge is 2.18. The van der Waals surface area contributed by atoms with Crippen molar-refractivity contribution in [2.75, 3.05) is 23.3 Å². The van der Waals surface area contributed by atoms with Crippen LogP contribution >= 0.6 is 0 Å². The van der Waals surface area contributed by atoms with Crippen LogP contribution in [0.4, 0.5) is 11.4 Å². The third-order valence-corrected chi connectivity index (χ3v) is 6.70. The first-order valence-corrected chi connectivity index (χ1v) is 14.4. The lowest BCUT2D eigenvalue weighted by molar-refractivity contribution is -0.115. The second-order valence-corrected chi connectivity index (χ2v) is 11.3. The Labute approximate surface area is 249 Å². The van der Waals surface area contributed by atoms with E-state index in [1.54, 1.807) is 0 Å². The van der Waals surface area contributed by atoms with Crippen LogP contribution in [0, 0.1) is 11.8 Å². The number of nitrogens with two attached hydrogens (primary N) is 2. The second-order valence-electron chi connectivity index (χ2n) is 11.3. The van der Waals surface area contributed by atoms with Gasteiger partial charge in [-0.25, -0.2) is 0 Å². The molecule has 0 atom stereocenters.